The van der Waals surface area contributed by atoms with Crippen molar-refractivity contribution < 1.29 is 4.79 Å². The molecule has 0 saturated carbocycles. The molecule has 0 spiro atoms. The average molecular weight is 326 g/mol. The maximum absolute atomic E-state index is 12.3. The summed E-state index contributed by atoms with van der Waals surface area (Å²) in [4.78, 5) is 24.5. The lowest BCUT2D eigenvalue weighted by atomic mass is 10.0. The third-order valence-corrected chi connectivity index (χ3v) is 4.94. The van der Waals surface area contributed by atoms with Crippen molar-refractivity contribution in [1.29, 1.82) is 0 Å². The van der Waals surface area contributed by atoms with E-state index in [9.17, 15) is 9.59 Å². The van der Waals surface area contributed by atoms with E-state index in [1.165, 1.54) is 15.5 Å². The van der Waals surface area contributed by atoms with Crippen molar-refractivity contribution in [3.05, 3.63) is 70.0 Å². The number of amides is 1. The van der Waals surface area contributed by atoms with Gasteiger partial charge in [0.25, 0.3) is 5.56 Å². The molecule has 23 heavy (non-hydrogen) atoms. The van der Waals surface area contributed by atoms with E-state index in [2.05, 4.69) is 5.32 Å². The third-order valence-electron chi connectivity index (χ3n) is 3.87. The van der Waals surface area contributed by atoms with E-state index in [0.29, 0.717) is 5.39 Å². The molecule has 118 valence electrons. The first kappa shape index (κ1) is 15.5. The predicted molar refractivity (Wildman–Crippen MR) is 93.8 cm³/mol. The van der Waals surface area contributed by atoms with Crippen molar-refractivity contribution in [1.82, 2.24) is 9.27 Å². The Morgan fingerprint density at radius 2 is 1.87 bits per heavy atom. The van der Waals surface area contributed by atoms with Gasteiger partial charge in [-0.3, -0.25) is 13.5 Å². The van der Waals surface area contributed by atoms with Crippen molar-refractivity contribution in [3.63, 3.8) is 0 Å². The van der Waals surface area contributed by atoms with E-state index in [0.717, 1.165) is 15.8 Å². The lowest BCUT2D eigenvalue weighted by molar-refractivity contribution is -0.122. The van der Waals surface area contributed by atoms with Crippen LogP contribution in [0.4, 0.5) is 0 Å². The first-order valence-corrected chi connectivity index (χ1v) is 8.27. The normalized spacial score (nSPS) is 12.3. The van der Waals surface area contributed by atoms with Gasteiger partial charge in [0.05, 0.1) is 16.1 Å². The van der Waals surface area contributed by atoms with Crippen LogP contribution < -0.4 is 10.9 Å². The molecule has 0 bridgehead atoms. The summed E-state index contributed by atoms with van der Waals surface area (Å²) in [6.45, 7) is 4.02. The van der Waals surface area contributed by atoms with Gasteiger partial charge in [-0.05, 0) is 37.1 Å². The SMILES string of the molecule is Cc1ccccc1C(C)NC(=O)Cn1sc2ccccc2c1=O. The number of carbonyl (C=O) groups excluding carboxylic acids is 1. The standard InChI is InChI=1S/C18H18N2O2S/c1-12-7-3-4-8-14(12)13(2)19-17(21)11-20-18(22)15-9-5-6-10-16(15)23-20/h3-10,13H,11H2,1-2H3,(H,19,21). The molecule has 0 aliphatic carbocycles. The smallest absolute Gasteiger partial charge is 0.268 e. The Labute approximate surface area is 138 Å². The molecule has 0 aliphatic heterocycles. The Bertz CT molecular complexity index is 911. The first-order valence-electron chi connectivity index (χ1n) is 7.50. The van der Waals surface area contributed by atoms with Crippen molar-refractivity contribution in [3.8, 4) is 0 Å². The Balaban J connectivity index is 1.75. The number of aryl methyl sites for hydroxylation is 1. The quantitative estimate of drug-likeness (QED) is 0.800. The number of nitrogens with one attached hydrogen (secondary N) is 1. The number of hydrogen-bond donors (Lipinski definition) is 1. The van der Waals surface area contributed by atoms with Crippen LogP contribution in [0.15, 0.2) is 53.3 Å². The number of fused-ring (bicyclic) bond motifs is 1. The van der Waals surface area contributed by atoms with Crippen molar-refractivity contribution in [2.75, 3.05) is 0 Å². The molecule has 1 aromatic heterocycles. The Hall–Kier alpha value is -2.40. The topological polar surface area (TPSA) is 51.1 Å². The summed E-state index contributed by atoms with van der Waals surface area (Å²) in [7, 11) is 0. The molecule has 3 aromatic rings. The molecule has 0 aliphatic rings. The van der Waals surface area contributed by atoms with Gasteiger partial charge < -0.3 is 5.32 Å². The molecule has 1 N–H and O–H groups in total. The summed E-state index contributed by atoms with van der Waals surface area (Å²) in [5.41, 5.74) is 2.12. The monoisotopic (exact) mass is 326 g/mol. The zero-order valence-corrected chi connectivity index (χ0v) is 13.9. The van der Waals surface area contributed by atoms with Crippen LogP contribution in [0, 0.1) is 6.92 Å². The zero-order valence-electron chi connectivity index (χ0n) is 13.1. The van der Waals surface area contributed by atoms with Gasteiger partial charge in [-0.2, -0.15) is 0 Å². The van der Waals surface area contributed by atoms with Gasteiger partial charge in [0.1, 0.15) is 6.54 Å². The number of hydrogen-bond acceptors (Lipinski definition) is 3. The molecule has 4 nitrogen and oxygen atoms in total. The fraction of sp³-hybridized carbons (Fsp3) is 0.222. The van der Waals surface area contributed by atoms with Gasteiger partial charge in [0.2, 0.25) is 5.91 Å². The second-order valence-electron chi connectivity index (χ2n) is 5.58. The third kappa shape index (κ3) is 3.19. The molecular weight excluding hydrogens is 308 g/mol. The van der Waals surface area contributed by atoms with Gasteiger partial charge in [-0.15, -0.1) is 0 Å². The molecule has 1 unspecified atom stereocenters. The number of nitrogens with zero attached hydrogens (tertiary/aromatic N) is 1. The van der Waals surface area contributed by atoms with Crippen LogP contribution in [0.1, 0.15) is 24.1 Å². The maximum atomic E-state index is 12.3. The van der Waals surface area contributed by atoms with E-state index in [1.807, 2.05) is 56.3 Å². The van der Waals surface area contributed by atoms with E-state index >= 15 is 0 Å². The largest absolute Gasteiger partial charge is 0.348 e. The minimum absolute atomic E-state index is 0.0500. The van der Waals surface area contributed by atoms with Crippen molar-refractivity contribution in [2.24, 2.45) is 0 Å². The highest BCUT2D eigenvalue weighted by atomic mass is 32.1. The Morgan fingerprint density at radius 3 is 2.61 bits per heavy atom. The maximum Gasteiger partial charge on any atom is 0.268 e. The molecule has 5 heteroatoms. The number of rotatable bonds is 4. The van der Waals surface area contributed by atoms with Crippen LogP contribution in [-0.2, 0) is 11.3 Å². The molecule has 0 fully saturated rings. The molecule has 0 saturated heterocycles. The summed E-state index contributed by atoms with van der Waals surface area (Å²) in [5, 5.41) is 3.63. The molecule has 1 amide bonds. The summed E-state index contributed by atoms with van der Waals surface area (Å²) < 4.78 is 2.40. The highest BCUT2D eigenvalue weighted by Gasteiger charge is 2.14. The van der Waals surface area contributed by atoms with Crippen LogP contribution >= 0.6 is 11.5 Å². The lowest BCUT2D eigenvalue weighted by Crippen LogP contribution is -2.32. The Morgan fingerprint density at radius 1 is 1.17 bits per heavy atom. The van der Waals surface area contributed by atoms with Crippen LogP contribution in [0.3, 0.4) is 0 Å². The molecule has 3 rings (SSSR count). The van der Waals surface area contributed by atoms with Gasteiger partial charge in [0.15, 0.2) is 0 Å². The summed E-state index contributed by atoms with van der Waals surface area (Å²) in [6.07, 6.45) is 0. The first-order chi connectivity index (χ1) is 11.1. The second kappa shape index (κ2) is 6.38. The average Bonchev–Trinajstić information content (AvgIpc) is 2.84. The van der Waals surface area contributed by atoms with E-state index in [4.69, 9.17) is 0 Å². The highest BCUT2D eigenvalue weighted by Crippen LogP contribution is 2.18. The Kier molecular flexibility index (Phi) is 4.30. The molecule has 1 heterocycles. The van der Waals surface area contributed by atoms with Gasteiger partial charge >= 0.3 is 0 Å². The van der Waals surface area contributed by atoms with E-state index < -0.39 is 0 Å². The highest BCUT2D eigenvalue weighted by molar-refractivity contribution is 7.13. The van der Waals surface area contributed by atoms with Gasteiger partial charge in [-0.1, -0.05) is 47.9 Å². The van der Waals surface area contributed by atoms with Crippen LogP contribution in [-0.4, -0.2) is 9.86 Å². The molecule has 0 radical (unpaired) electrons. The van der Waals surface area contributed by atoms with Crippen molar-refractivity contribution >= 4 is 27.5 Å². The fourth-order valence-electron chi connectivity index (χ4n) is 2.69. The minimum atomic E-state index is -0.158. The van der Waals surface area contributed by atoms with Gasteiger partial charge in [0, 0.05) is 0 Å². The number of aromatic nitrogens is 1. The zero-order chi connectivity index (χ0) is 16.4. The molecule has 1 atom stereocenters. The summed E-state index contributed by atoms with van der Waals surface area (Å²) in [5.74, 6) is -0.158. The molecular formula is C18H18N2O2S. The van der Waals surface area contributed by atoms with Crippen molar-refractivity contribution in [2.45, 2.75) is 26.4 Å². The fourth-order valence-corrected chi connectivity index (χ4v) is 3.68. The minimum Gasteiger partial charge on any atom is -0.348 e. The summed E-state index contributed by atoms with van der Waals surface area (Å²) in [6, 6.07) is 15.3. The lowest BCUT2D eigenvalue weighted by Gasteiger charge is -2.16. The van der Waals surface area contributed by atoms with Crippen LogP contribution in [0.25, 0.3) is 10.1 Å². The van der Waals surface area contributed by atoms with Crippen LogP contribution in [0.5, 0.6) is 0 Å². The predicted octanol–water partition coefficient (Wildman–Crippen LogP) is 3.25. The van der Waals surface area contributed by atoms with E-state index in [-0.39, 0.29) is 24.1 Å². The second-order valence-corrected chi connectivity index (χ2v) is 6.64. The number of benzene rings is 2. The van der Waals surface area contributed by atoms with Gasteiger partial charge in [-0.25, -0.2) is 0 Å². The van der Waals surface area contributed by atoms with E-state index in [1.54, 1.807) is 6.07 Å². The summed E-state index contributed by atoms with van der Waals surface area (Å²) >= 11 is 1.32. The molecule has 2 aromatic carbocycles. The number of carbonyl (C=O) groups is 1. The van der Waals surface area contributed by atoms with Crippen LogP contribution in [0.2, 0.25) is 0 Å².